The van der Waals surface area contributed by atoms with E-state index in [0.717, 1.165) is 24.9 Å². The number of amides is 1. The first-order valence-corrected chi connectivity index (χ1v) is 8.74. The third kappa shape index (κ3) is 3.68. The van der Waals surface area contributed by atoms with Crippen molar-refractivity contribution < 1.29 is 14.3 Å². The number of benzene rings is 1. The maximum atomic E-state index is 12.2. The van der Waals surface area contributed by atoms with Crippen LogP contribution in [-0.2, 0) is 4.79 Å². The van der Waals surface area contributed by atoms with Gasteiger partial charge in [-0.25, -0.2) is 4.98 Å². The van der Waals surface area contributed by atoms with Crippen molar-refractivity contribution >= 4 is 22.4 Å². The average Bonchev–Trinajstić information content (AvgIpc) is 3.26. The fourth-order valence-corrected chi connectivity index (χ4v) is 3.63. The lowest BCUT2D eigenvalue weighted by molar-refractivity contribution is -0.117. The van der Waals surface area contributed by atoms with Crippen LogP contribution in [-0.4, -0.2) is 43.1 Å². The van der Waals surface area contributed by atoms with E-state index in [1.54, 1.807) is 20.4 Å². The van der Waals surface area contributed by atoms with E-state index in [-0.39, 0.29) is 11.9 Å². The van der Waals surface area contributed by atoms with Crippen LogP contribution in [0.2, 0.25) is 0 Å². The van der Waals surface area contributed by atoms with Gasteiger partial charge < -0.3 is 14.8 Å². The summed E-state index contributed by atoms with van der Waals surface area (Å²) in [6.45, 7) is 1.27. The lowest BCUT2D eigenvalue weighted by Gasteiger charge is -2.24. The molecular formula is C17H21N3O3S. The number of rotatable bonds is 6. The molecule has 0 unspecified atom stereocenters. The molecule has 0 spiro atoms. The summed E-state index contributed by atoms with van der Waals surface area (Å²) < 4.78 is 10.7. The van der Waals surface area contributed by atoms with Crippen LogP contribution in [0.25, 0.3) is 0 Å². The van der Waals surface area contributed by atoms with E-state index in [0.29, 0.717) is 23.2 Å². The largest absolute Gasteiger partial charge is 0.493 e. The van der Waals surface area contributed by atoms with Gasteiger partial charge in [0.15, 0.2) is 16.6 Å². The van der Waals surface area contributed by atoms with E-state index in [4.69, 9.17) is 9.47 Å². The molecule has 128 valence electrons. The van der Waals surface area contributed by atoms with Gasteiger partial charge in [0.05, 0.1) is 20.8 Å². The number of ether oxygens (including phenoxy) is 2. The van der Waals surface area contributed by atoms with Crippen molar-refractivity contribution in [1.82, 2.24) is 9.88 Å². The van der Waals surface area contributed by atoms with Crippen LogP contribution in [0.3, 0.4) is 0 Å². The number of nitrogens with one attached hydrogen (secondary N) is 1. The topological polar surface area (TPSA) is 63.7 Å². The fraction of sp³-hybridized carbons (Fsp3) is 0.412. The van der Waals surface area contributed by atoms with E-state index in [9.17, 15) is 4.79 Å². The molecule has 1 amide bonds. The number of anilines is 1. The zero-order chi connectivity index (χ0) is 16.9. The van der Waals surface area contributed by atoms with Crippen LogP contribution >= 0.6 is 11.3 Å². The van der Waals surface area contributed by atoms with Gasteiger partial charge in [-0.05, 0) is 37.1 Å². The maximum absolute atomic E-state index is 12.2. The highest BCUT2D eigenvalue weighted by molar-refractivity contribution is 7.13. The Morgan fingerprint density at radius 3 is 2.92 bits per heavy atom. The molecule has 7 heteroatoms. The van der Waals surface area contributed by atoms with Gasteiger partial charge in [0.2, 0.25) is 5.91 Å². The summed E-state index contributed by atoms with van der Waals surface area (Å²) in [6, 6.07) is 6.18. The summed E-state index contributed by atoms with van der Waals surface area (Å²) in [5.74, 6) is 1.40. The van der Waals surface area contributed by atoms with Gasteiger partial charge in [-0.3, -0.25) is 9.69 Å². The minimum Gasteiger partial charge on any atom is -0.493 e. The number of hydrogen-bond donors (Lipinski definition) is 1. The molecule has 0 bridgehead atoms. The molecule has 1 aromatic heterocycles. The Morgan fingerprint density at radius 2 is 2.21 bits per heavy atom. The van der Waals surface area contributed by atoms with Gasteiger partial charge >= 0.3 is 0 Å². The first-order valence-electron chi connectivity index (χ1n) is 7.86. The number of likely N-dealkylation sites (tertiary alicyclic amines) is 1. The smallest absolute Gasteiger partial charge is 0.240 e. The highest BCUT2D eigenvalue weighted by Gasteiger charge is 2.28. The predicted molar refractivity (Wildman–Crippen MR) is 93.8 cm³/mol. The summed E-state index contributed by atoms with van der Waals surface area (Å²) >= 11 is 1.42. The number of nitrogens with zero attached hydrogens (tertiary/aromatic N) is 2. The average molecular weight is 347 g/mol. The van der Waals surface area contributed by atoms with Gasteiger partial charge in [0, 0.05) is 17.6 Å². The van der Waals surface area contributed by atoms with Gasteiger partial charge in [-0.15, -0.1) is 11.3 Å². The van der Waals surface area contributed by atoms with E-state index >= 15 is 0 Å². The summed E-state index contributed by atoms with van der Waals surface area (Å²) in [6.07, 6.45) is 3.78. The molecule has 2 aromatic rings. The molecule has 24 heavy (non-hydrogen) atoms. The molecule has 1 aliphatic heterocycles. The van der Waals surface area contributed by atoms with Gasteiger partial charge in [-0.2, -0.15) is 0 Å². The highest BCUT2D eigenvalue weighted by atomic mass is 32.1. The zero-order valence-corrected chi connectivity index (χ0v) is 14.6. The summed E-state index contributed by atoms with van der Waals surface area (Å²) in [7, 11) is 3.26. The zero-order valence-electron chi connectivity index (χ0n) is 13.8. The number of aromatic nitrogens is 1. The molecule has 1 saturated heterocycles. The van der Waals surface area contributed by atoms with E-state index in [1.165, 1.54) is 11.3 Å². The summed E-state index contributed by atoms with van der Waals surface area (Å²) in [5.41, 5.74) is 1.15. The normalized spacial score (nSPS) is 17.7. The number of thiazole rings is 1. The number of carbonyl (C=O) groups excluding carboxylic acids is 1. The molecule has 1 atom stereocenters. The Balaban J connectivity index is 1.70. The number of hydrogen-bond acceptors (Lipinski definition) is 6. The van der Waals surface area contributed by atoms with Crippen LogP contribution in [0.4, 0.5) is 5.13 Å². The first kappa shape index (κ1) is 16.7. The lowest BCUT2D eigenvalue weighted by atomic mass is 10.0. The minimum atomic E-state index is -0.0303. The quantitative estimate of drug-likeness (QED) is 0.870. The van der Waals surface area contributed by atoms with Crippen molar-refractivity contribution in [3.63, 3.8) is 0 Å². The van der Waals surface area contributed by atoms with Crippen molar-refractivity contribution in [2.24, 2.45) is 0 Å². The van der Waals surface area contributed by atoms with Crippen LogP contribution < -0.4 is 14.8 Å². The van der Waals surface area contributed by atoms with E-state index < -0.39 is 0 Å². The monoisotopic (exact) mass is 347 g/mol. The van der Waals surface area contributed by atoms with E-state index in [1.807, 2.05) is 23.6 Å². The van der Waals surface area contributed by atoms with Crippen molar-refractivity contribution in [1.29, 1.82) is 0 Å². The Labute approximate surface area is 145 Å². The van der Waals surface area contributed by atoms with Crippen LogP contribution in [0.15, 0.2) is 29.8 Å². The highest BCUT2D eigenvalue weighted by Crippen LogP contribution is 2.36. The molecule has 2 heterocycles. The standard InChI is InChI=1S/C17H21N3O3S/c1-22-14-6-5-12(10-15(14)23-2)13-4-3-8-20(13)11-16(21)19-17-18-7-9-24-17/h5-7,9-10,13H,3-4,8,11H2,1-2H3,(H,18,19,21)/t13-/m0/s1. The SMILES string of the molecule is COc1ccc([C@@H]2CCCN2CC(=O)Nc2nccs2)cc1OC. The van der Waals surface area contributed by atoms with Crippen molar-refractivity contribution in [3.05, 3.63) is 35.3 Å². The fourth-order valence-electron chi connectivity index (χ4n) is 3.08. The molecule has 1 N–H and O–H groups in total. The summed E-state index contributed by atoms with van der Waals surface area (Å²) in [4.78, 5) is 18.5. The minimum absolute atomic E-state index is 0.0303. The Morgan fingerprint density at radius 1 is 1.38 bits per heavy atom. The van der Waals surface area contributed by atoms with Crippen LogP contribution in [0, 0.1) is 0 Å². The number of methoxy groups -OCH3 is 2. The third-order valence-electron chi connectivity index (χ3n) is 4.18. The molecule has 0 aliphatic carbocycles. The molecule has 1 aromatic carbocycles. The van der Waals surface area contributed by atoms with Crippen molar-refractivity contribution in [3.8, 4) is 11.5 Å². The second-order valence-corrected chi connectivity index (χ2v) is 6.52. The molecule has 0 saturated carbocycles. The molecule has 6 nitrogen and oxygen atoms in total. The summed E-state index contributed by atoms with van der Waals surface area (Å²) in [5, 5.41) is 5.33. The van der Waals surface area contributed by atoms with Gasteiger partial charge in [-0.1, -0.05) is 6.07 Å². The van der Waals surface area contributed by atoms with Crippen LogP contribution in [0.1, 0.15) is 24.4 Å². The number of carbonyl (C=O) groups is 1. The van der Waals surface area contributed by atoms with Crippen LogP contribution in [0.5, 0.6) is 11.5 Å². The maximum Gasteiger partial charge on any atom is 0.240 e. The van der Waals surface area contributed by atoms with E-state index in [2.05, 4.69) is 15.2 Å². The predicted octanol–water partition coefficient (Wildman–Crippen LogP) is 2.94. The van der Waals surface area contributed by atoms with Crippen molar-refractivity contribution in [2.45, 2.75) is 18.9 Å². The third-order valence-corrected chi connectivity index (χ3v) is 4.87. The molecule has 0 radical (unpaired) electrons. The van der Waals surface area contributed by atoms with Crippen molar-refractivity contribution in [2.75, 3.05) is 32.6 Å². The molecule has 1 fully saturated rings. The Bertz CT molecular complexity index is 690. The first-order chi connectivity index (χ1) is 11.7. The Kier molecular flexibility index (Phi) is 5.32. The Hall–Kier alpha value is -2.12. The van der Waals surface area contributed by atoms with Gasteiger partial charge in [0.25, 0.3) is 0 Å². The second-order valence-electron chi connectivity index (χ2n) is 5.63. The molecular weight excluding hydrogens is 326 g/mol. The lowest BCUT2D eigenvalue weighted by Crippen LogP contribution is -2.32. The second kappa shape index (κ2) is 7.63. The van der Waals surface area contributed by atoms with Gasteiger partial charge in [0.1, 0.15) is 0 Å². The molecule has 3 rings (SSSR count). The molecule has 1 aliphatic rings.